The lowest BCUT2D eigenvalue weighted by molar-refractivity contribution is -0.149. The lowest BCUT2D eigenvalue weighted by atomic mass is 10.3. The van der Waals surface area contributed by atoms with Gasteiger partial charge in [0.15, 0.2) is 0 Å². The number of rotatable bonds is 3. The Labute approximate surface area is 120 Å². The molecule has 0 amide bonds. The number of benzene rings is 1. The molecule has 0 aliphatic carbocycles. The van der Waals surface area contributed by atoms with Crippen LogP contribution >= 0.6 is 0 Å². The van der Waals surface area contributed by atoms with Crippen LogP contribution in [0.2, 0.25) is 0 Å². The highest BCUT2D eigenvalue weighted by Crippen LogP contribution is 2.24. The summed E-state index contributed by atoms with van der Waals surface area (Å²) in [5.74, 6) is -2.91. The Balaban J connectivity index is 2.43. The molecule has 6 nitrogen and oxygen atoms in total. The summed E-state index contributed by atoms with van der Waals surface area (Å²) < 4.78 is 61.9. The second-order valence-corrected chi connectivity index (χ2v) is 6.16. The summed E-state index contributed by atoms with van der Waals surface area (Å²) in [5, 5.41) is 0. The minimum absolute atomic E-state index is 0.0650. The van der Waals surface area contributed by atoms with Crippen LogP contribution in [0.5, 0.6) is 0 Å². The molecule has 2 rings (SSSR count). The van der Waals surface area contributed by atoms with Crippen LogP contribution in [-0.2, 0) is 24.3 Å². The van der Waals surface area contributed by atoms with Gasteiger partial charge in [-0.05, 0) is 12.1 Å². The molecule has 9 heteroatoms. The SMILES string of the molecule is COC(=O)C1COCCN1S(=O)(=O)c1ccc(F)cc1F. The largest absolute Gasteiger partial charge is 0.468 e. The van der Waals surface area contributed by atoms with Crippen molar-refractivity contribution in [3.8, 4) is 0 Å². The van der Waals surface area contributed by atoms with Gasteiger partial charge in [-0.15, -0.1) is 0 Å². The Bertz CT molecular complexity index is 649. The highest BCUT2D eigenvalue weighted by Gasteiger charge is 2.40. The van der Waals surface area contributed by atoms with Gasteiger partial charge in [0.05, 0.1) is 20.3 Å². The number of nitrogens with zero attached hydrogens (tertiary/aromatic N) is 1. The average molecular weight is 321 g/mol. The highest BCUT2D eigenvalue weighted by atomic mass is 32.2. The first-order chi connectivity index (χ1) is 9.87. The number of hydrogen-bond donors (Lipinski definition) is 0. The van der Waals surface area contributed by atoms with Crippen LogP contribution in [0, 0.1) is 11.6 Å². The molecule has 1 heterocycles. The van der Waals surface area contributed by atoms with Gasteiger partial charge in [0.1, 0.15) is 22.6 Å². The molecule has 0 bridgehead atoms. The fourth-order valence-corrected chi connectivity index (χ4v) is 3.60. The summed E-state index contributed by atoms with van der Waals surface area (Å²) in [6.07, 6.45) is 0. The molecule has 0 radical (unpaired) electrons. The zero-order valence-corrected chi connectivity index (χ0v) is 11.9. The van der Waals surface area contributed by atoms with Gasteiger partial charge < -0.3 is 9.47 Å². The molecule has 1 unspecified atom stereocenters. The van der Waals surface area contributed by atoms with E-state index in [-0.39, 0.29) is 19.8 Å². The molecular weight excluding hydrogens is 308 g/mol. The maximum absolute atomic E-state index is 13.7. The first-order valence-electron chi connectivity index (χ1n) is 6.00. The third-order valence-electron chi connectivity index (χ3n) is 3.03. The Morgan fingerprint density at radius 1 is 1.43 bits per heavy atom. The molecule has 1 fully saturated rings. The van der Waals surface area contributed by atoms with Crippen molar-refractivity contribution in [2.24, 2.45) is 0 Å². The summed E-state index contributed by atoms with van der Waals surface area (Å²) in [5.41, 5.74) is 0. The molecular formula is C12H13F2NO5S. The summed E-state index contributed by atoms with van der Waals surface area (Å²) in [6.45, 7) is -0.247. The van der Waals surface area contributed by atoms with Gasteiger partial charge in [-0.3, -0.25) is 4.79 Å². The van der Waals surface area contributed by atoms with Crippen LogP contribution in [-0.4, -0.2) is 51.6 Å². The first kappa shape index (κ1) is 15.8. The molecule has 1 aliphatic heterocycles. The van der Waals surface area contributed by atoms with Crippen molar-refractivity contribution in [1.29, 1.82) is 0 Å². The second kappa shape index (κ2) is 6.04. The number of sulfonamides is 1. The quantitative estimate of drug-likeness (QED) is 0.759. The number of halogens is 2. The van der Waals surface area contributed by atoms with Crippen molar-refractivity contribution in [2.45, 2.75) is 10.9 Å². The van der Waals surface area contributed by atoms with Gasteiger partial charge in [-0.1, -0.05) is 0 Å². The van der Waals surface area contributed by atoms with Crippen molar-refractivity contribution < 1.29 is 31.5 Å². The van der Waals surface area contributed by atoms with E-state index in [2.05, 4.69) is 4.74 Å². The van der Waals surface area contributed by atoms with Crippen LogP contribution in [0.25, 0.3) is 0 Å². The van der Waals surface area contributed by atoms with E-state index in [0.29, 0.717) is 6.07 Å². The summed E-state index contributed by atoms with van der Waals surface area (Å²) in [4.78, 5) is 10.9. The molecule has 1 saturated heterocycles. The maximum Gasteiger partial charge on any atom is 0.326 e. The van der Waals surface area contributed by atoms with Gasteiger partial charge >= 0.3 is 5.97 Å². The van der Waals surface area contributed by atoms with Crippen LogP contribution in [0.3, 0.4) is 0 Å². The van der Waals surface area contributed by atoms with E-state index in [1.165, 1.54) is 0 Å². The van der Waals surface area contributed by atoms with Gasteiger partial charge in [0.2, 0.25) is 10.0 Å². The third-order valence-corrected chi connectivity index (χ3v) is 4.97. The lowest BCUT2D eigenvalue weighted by Crippen LogP contribution is -2.52. The number of morpholine rings is 1. The lowest BCUT2D eigenvalue weighted by Gasteiger charge is -2.32. The highest BCUT2D eigenvalue weighted by molar-refractivity contribution is 7.89. The molecule has 0 N–H and O–H groups in total. The predicted molar refractivity (Wildman–Crippen MR) is 66.9 cm³/mol. The van der Waals surface area contributed by atoms with E-state index < -0.39 is 38.6 Å². The number of esters is 1. The average Bonchev–Trinajstić information content (AvgIpc) is 2.46. The molecule has 0 aromatic heterocycles. The van der Waals surface area contributed by atoms with Gasteiger partial charge in [-0.2, -0.15) is 4.31 Å². The summed E-state index contributed by atoms with van der Waals surface area (Å²) >= 11 is 0. The minimum atomic E-state index is -4.30. The molecule has 1 aromatic rings. The number of carbonyl (C=O) groups is 1. The van der Waals surface area contributed by atoms with Gasteiger partial charge in [0, 0.05) is 12.6 Å². The maximum atomic E-state index is 13.7. The Morgan fingerprint density at radius 3 is 2.76 bits per heavy atom. The molecule has 0 spiro atoms. The van der Waals surface area contributed by atoms with Gasteiger partial charge in [0.25, 0.3) is 0 Å². The second-order valence-electron chi connectivity index (χ2n) is 4.30. The fraction of sp³-hybridized carbons (Fsp3) is 0.417. The van der Waals surface area contributed by atoms with E-state index in [9.17, 15) is 22.0 Å². The van der Waals surface area contributed by atoms with Crippen molar-refractivity contribution >= 4 is 16.0 Å². The standard InChI is InChI=1S/C12H13F2NO5S/c1-19-12(16)10-7-20-5-4-15(10)21(17,18)11-3-2-8(13)6-9(11)14/h2-3,6,10H,4-5,7H2,1H3. The van der Waals surface area contributed by atoms with Crippen molar-refractivity contribution in [1.82, 2.24) is 4.31 Å². The molecule has 1 aliphatic rings. The van der Waals surface area contributed by atoms with Crippen molar-refractivity contribution in [2.75, 3.05) is 26.9 Å². The van der Waals surface area contributed by atoms with Crippen LogP contribution in [0.4, 0.5) is 8.78 Å². The van der Waals surface area contributed by atoms with Crippen molar-refractivity contribution in [3.63, 3.8) is 0 Å². The molecule has 21 heavy (non-hydrogen) atoms. The monoisotopic (exact) mass is 321 g/mol. The van der Waals surface area contributed by atoms with Crippen molar-refractivity contribution in [3.05, 3.63) is 29.8 Å². The Kier molecular flexibility index (Phi) is 4.55. The molecule has 1 atom stereocenters. The van der Waals surface area contributed by atoms with E-state index in [4.69, 9.17) is 4.74 Å². The minimum Gasteiger partial charge on any atom is -0.468 e. The number of carbonyl (C=O) groups excluding carboxylic acids is 1. The zero-order chi connectivity index (χ0) is 15.6. The van der Waals surface area contributed by atoms with Gasteiger partial charge in [-0.25, -0.2) is 17.2 Å². The Morgan fingerprint density at radius 2 is 2.14 bits per heavy atom. The van der Waals surface area contributed by atoms with E-state index in [0.717, 1.165) is 23.5 Å². The molecule has 1 aromatic carbocycles. The normalized spacial score (nSPS) is 20.2. The Hall–Kier alpha value is -1.58. The predicted octanol–water partition coefficient (Wildman–Crippen LogP) is 0.527. The number of hydrogen-bond acceptors (Lipinski definition) is 5. The number of methoxy groups -OCH3 is 1. The summed E-state index contributed by atoms with van der Waals surface area (Å²) in [6, 6.07) is 0.937. The smallest absolute Gasteiger partial charge is 0.326 e. The number of ether oxygens (including phenoxy) is 2. The molecule has 0 saturated carbocycles. The van der Waals surface area contributed by atoms with E-state index >= 15 is 0 Å². The van der Waals surface area contributed by atoms with Crippen LogP contribution in [0.15, 0.2) is 23.1 Å². The summed E-state index contributed by atoms with van der Waals surface area (Å²) in [7, 11) is -3.19. The topological polar surface area (TPSA) is 72.9 Å². The van der Waals surface area contributed by atoms with Crippen LogP contribution < -0.4 is 0 Å². The van der Waals surface area contributed by atoms with Crippen LogP contribution in [0.1, 0.15) is 0 Å². The third kappa shape index (κ3) is 3.04. The van der Waals surface area contributed by atoms with E-state index in [1.54, 1.807) is 0 Å². The molecule has 116 valence electrons. The fourth-order valence-electron chi connectivity index (χ4n) is 2.01. The van der Waals surface area contributed by atoms with E-state index in [1.807, 2.05) is 0 Å². The zero-order valence-electron chi connectivity index (χ0n) is 11.1. The first-order valence-corrected chi connectivity index (χ1v) is 7.44.